The highest BCUT2D eigenvalue weighted by Crippen LogP contribution is 2.27. The standard InChI is InChI=1S/C27H32N2O4.ClH/c1-19-10-11-22(16-26(19)33-18-27(30)31)29-14-15-32-23(17-29)12-13-28-20(2)24-9-5-7-21-6-3-4-8-25(21)24;/h3-11,16,20,23,28H,12-15,17-18H2,1-2H3,(H,30,31);1H/t20-,23?;/m1./s1. The molecular weight excluding hydrogens is 452 g/mol. The third-order valence-corrected chi connectivity index (χ3v) is 6.23. The van der Waals surface area contributed by atoms with Crippen LogP contribution in [0.3, 0.4) is 0 Å². The summed E-state index contributed by atoms with van der Waals surface area (Å²) in [4.78, 5) is 13.1. The van der Waals surface area contributed by atoms with E-state index in [1.54, 1.807) is 0 Å². The molecule has 6 nitrogen and oxygen atoms in total. The average molecular weight is 485 g/mol. The molecule has 1 aliphatic heterocycles. The Morgan fingerprint density at radius 1 is 1.21 bits per heavy atom. The van der Waals surface area contributed by atoms with Crippen LogP contribution in [0.1, 0.15) is 30.5 Å². The fraction of sp³-hybridized carbons (Fsp3) is 0.370. The molecule has 1 aliphatic rings. The van der Waals surface area contributed by atoms with Gasteiger partial charge in [0, 0.05) is 30.9 Å². The second kappa shape index (κ2) is 12.1. The molecule has 0 aliphatic carbocycles. The Labute approximate surface area is 207 Å². The third-order valence-electron chi connectivity index (χ3n) is 6.23. The number of hydrogen-bond acceptors (Lipinski definition) is 5. The van der Waals surface area contributed by atoms with Crippen molar-refractivity contribution < 1.29 is 19.4 Å². The first-order valence-electron chi connectivity index (χ1n) is 11.5. The van der Waals surface area contributed by atoms with Crippen LogP contribution in [0.5, 0.6) is 5.75 Å². The van der Waals surface area contributed by atoms with E-state index >= 15 is 0 Å². The van der Waals surface area contributed by atoms with Crippen molar-refractivity contribution in [2.45, 2.75) is 32.4 Å². The largest absolute Gasteiger partial charge is 0.482 e. The van der Waals surface area contributed by atoms with Gasteiger partial charge in [0.2, 0.25) is 0 Å². The van der Waals surface area contributed by atoms with E-state index in [1.165, 1.54) is 16.3 Å². The Balaban J connectivity index is 0.00000324. The Morgan fingerprint density at radius 3 is 2.82 bits per heavy atom. The molecule has 2 atom stereocenters. The number of morpholine rings is 1. The van der Waals surface area contributed by atoms with Crippen molar-refractivity contribution in [2.24, 2.45) is 0 Å². The molecule has 2 N–H and O–H groups in total. The molecule has 1 unspecified atom stereocenters. The number of halogens is 1. The summed E-state index contributed by atoms with van der Waals surface area (Å²) >= 11 is 0. The van der Waals surface area contributed by atoms with Crippen LogP contribution in [0.15, 0.2) is 60.7 Å². The molecule has 0 saturated carbocycles. The molecule has 182 valence electrons. The van der Waals surface area contributed by atoms with Crippen LogP contribution in [-0.2, 0) is 9.53 Å². The number of nitrogens with zero attached hydrogens (tertiary/aromatic N) is 1. The summed E-state index contributed by atoms with van der Waals surface area (Å²) in [5.41, 5.74) is 3.27. The molecule has 1 fully saturated rings. The van der Waals surface area contributed by atoms with Crippen LogP contribution in [0.25, 0.3) is 10.8 Å². The number of carboxylic acid groups (broad SMARTS) is 1. The summed E-state index contributed by atoms with van der Waals surface area (Å²) in [6.07, 6.45) is 1.05. The second-order valence-electron chi connectivity index (χ2n) is 8.60. The number of ether oxygens (including phenoxy) is 2. The van der Waals surface area contributed by atoms with E-state index in [4.69, 9.17) is 14.6 Å². The molecule has 1 heterocycles. The number of rotatable bonds is 9. The van der Waals surface area contributed by atoms with Gasteiger partial charge in [-0.3, -0.25) is 0 Å². The number of fused-ring (bicyclic) bond motifs is 1. The number of aryl methyl sites for hydroxylation is 1. The monoisotopic (exact) mass is 484 g/mol. The molecular formula is C27H33ClN2O4. The molecule has 3 aromatic rings. The summed E-state index contributed by atoms with van der Waals surface area (Å²) in [5, 5.41) is 15.1. The minimum Gasteiger partial charge on any atom is -0.482 e. The van der Waals surface area contributed by atoms with E-state index in [1.807, 2.05) is 19.1 Å². The normalized spacial score (nSPS) is 16.6. The lowest BCUT2D eigenvalue weighted by Gasteiger charge is -2.35. The SMILES string of the molecule is Cc1ccc(N2CCOC(CCN[C@H](C)c3cccc4ccccc34)C2)cc1OCC(=O)O.Cl. The average Bonchev–Trinajstić information content (AvgIpc) is 2.83. The van der Waals surface area contributed by atoms with Gasteiger partial charge in [-0.1, -0.05) is 48.5 Å². The quantitative estimate of drug-likeness (QED) is 0.446. The van der Waals surface area contributed by atoms with E-state index in [-0.39, 0.29) is 31.2 Å². The number of anilines is 1. The molecule has 0 aromatic heterocycles. The summed E-state index contributed by atoms with van der Waals surface area (Å²) in [5.74, 6) is -0.361. The molecule has 1 saturated heterocycles. The van der Waals surface area contributed by atoms with Gasteiger partial charge in [-0.25, -0.2) is 4.79 Å². The lowest BCUT2D eigenvalue weighted by atomic mass is 9.99. The topological polar surface area (TPSA) is 71.0 Å². The van der Waals surface area contributed by atoms with Crippen molar-refractivity contribution in [1.29, 1.82) is 0 Å². The number of hydrogen-bond donors (Lipinski definition) is 2. The van der Waals surface area contributed by atoms with Crippen molar-refractivity contribution in [3.8, 4) is 5.75 Å². The third kappa shape index (κ3) is 6.41. The van der Waals surface area contributed by atoms with Crippen molar-refractivity contribution in [3.05, 3.63) is 71.8 Å². The van der Waals surface area contributed by atoms with Gasteiger partial charge in [-0.05, 0) is 54.8 Å². The smallest absolute Gasteiger partial charge is 0.341 e. The van der Waals surface area contributed by atoms with Gasteiger partial charge >= 0.3 is 5.97 Å². The van der Waals surface area contributed by atoms with Gasteiger partial charge in [-0.15, -0.1) is 12.4 Å². The maximum atomic E-state index is 10.9. The molecule has 0 amide bonds. The van der Waals surface area contributed by atoms with E-state index in [2.05, 4.69) is 65.7 Å². The van der Waals surface area contributed by atoms with Gasteiger partial charge in [0.1, 0.15) is 5.75 Å². The maximum absolute atomic E-state index is 10.9. The molecule has 34 heavy (non-hydrogen) atoms. The molecule has 0 radical (unpaired) electrons. The highest BCUT2D eigenvalue weighted by Gasteiger charge is 2.21. The van der Waals surface area contributed by atoms with Crippen molar-refractivity contribution >= 4 is 34.8 Å². The maximum Gasteiger partial charge on any atom is 0.341 e. The minimum absolute atomic E-state index is 0. The van der Waals surface area contributed by atoms with E-state index < -0.39 is 5.97 Å². The Kier molecular flexibility index (Phi) is 9.16. The summed E-state index contributed by atoms with van der Waals surface area (Å²) in [7, 11) is 0. The van der Waals surface area contributed by atoms with Gasteiger partial charge in [0.25, 0.3) is 0 Å². The van der Waals surface area contributed by atoms with Crippen molar-refractivity contribution in [3.63, 3.8) is 0 Å². The second-order valence-corrected chi connectivity index (χ2v) is 8.60. The van der Waals surface area contributed by atoms with Crippen molar-refractivity contribution in [2.75, 3.05) is 37.7 Å². The molecule has 4 rings (SSSR count). The lowest BCUT2D eigenvalue weighted by Crippen LogP contribution is -2.43. The Hall–Kier alpha value is -2.80. The van der Waals surface area contributed by atoms with Crippen LogP contribution < -0.4 is 15.0 Å². The summed E-state index contributed by atoms with van der Waals surface area (Å²) in [6, 6.07) is 21.2. The van der Waals surface area contributed by atoms with Crippen LogP contribution in [0.4, 0.5) is 5.69 Å². The van der Waals surface area contributed by atoms with E-state index in [9.17, 15) is 4.79 Å². The fourth-order valence-electron chi connectivity index (χ4n) is 4.41. The van der Waals surface area contributed by atoms with E-state index in [0.29, 0.717) is 12.4 Å². The fourth-order valence-corrected chi connectivity index (χ4v) is 4.41. The van der Waals surface area contributed by atoms with Crippen LogP contribution in [0, 0.1) is 6.92 Å². The van der Waals surface area contributed by atoms with Gasteiger partial charge in [0.15, 0.2) is 6.61 Å². The predicted octanol–water partition coefficient (Wildman–Crippen LogP) is 4.98. The number of carbonyl (C=O) groups is 1. The van der Waals surface area contributed by atoms with Crippen LogP contribution in [0.2, 0.25) is 0 Å². The first-order chi connectivity index (χ1) is 16.0. The number of nitrogens with one attached hydrogen (secondary N) is 1. The van der Waals surface area contributed by atoms with Gasteiger partial charge in [-0.2, -0.15) is 0 Å². The highest BCUT2D eigenvalue weighted by molar-refractivity contribution is 5.86. The van der Waals surface area contributed by atoms with E-state index in [0.717, 1.165) is 37.3 Å². The lowest BCUT2D eigenvalue weighted by molar-refractivity contribution is -0.139. The van der Waals surface area contributed by atoms with Crippen molar-refractivity contribution in [1.82, 2.24) is 5.32 Å². The van der Waals surface area contributed by atoms with Gasteiger partial charge < -0.3 is 24.8 Å². The minimum atomic E-state index is -0.975. The Morgan fingerprint density at radius 2 is 2.00 bits per heavy atom. The molecule has 7 heteroatoms. The molecule has 0 spiro atoms. The zero-order valence-corrected chi connectivity index (χ0v) is 20.5. The highest BCUT2D eigenvalue weighted by atomic mass is 35.5. The number of aliphatic carboxylic acids is 1. The zero-order valence-electron chi connectivity index (χ0n) is 19.7. The molecule has 3 aromatic carbocycles. The Bertz CT molecular complexity index is 1100. The first-order valence-corrected chi connectivity index (χ1v) is 11.5. The summed E-state index contributed by atoms with van der Waals surface area (Å²) in [6.45, 7) is 6.93. The number of carboxylic acids is 1. The first kappa shape index (κ1) is 25.8. The molecule has 0 bridgehead atoms. The predicted molar refractivity (Wildman–Crippen MR) is 138 cm³/mol. The van der Waals surface area contributed by atoms with Crippen LogP contribution in [-0.4, -0.2) is 50.0 Å². The zero-order chi connectivity index (χ0) is 23.2. The summed E-state index contributed by atoms with van der Waals surface area (Å²) < 4.78 is 11.5. The number of benzene rings is 3. The van der Waals surface area contributed by atoms with Gasteiger partial charge in [0.05, 0.1) is 12.7 Å². The van der Waals surface area contributed by atoms with Crippen LogP contribution >= 0.6 is 12.4 Å².